The van der Waals surface area contributed by atoms with Gasteiger partial charge in [0.1, 0.15) is 0 Å². The number of aliphatic hydroxyl groups is 1. The number of imidazole rings is 1. The molecule has 5 nitrogen and oxygen atoms in total. The quantitative estimate of drug-likeness (QED) is 0.858. The number of hydrogen-bond acceptors (Lipinski definition) is 4. The van der Waals surface area contributed by atoms with Crippen molar-refractivity contribution in [2.24, 2.45) is 0 Å². The van der Waals surface area contributed by atoms with Crippen molar-refractivity contribution >= 4 is 18.8 Å². The highest BCUT2D eigenvalue weighted by atomic mass is 16.7. The van der Waals surface area contributed by atoms with E-state index in [4.69, 9.17) is 9.31 Å². The van der Waals surface area contributed by atoms with E-state index in [1.54, 1.807) is 12.3 Å². The molecule has 1 N–H and O–H groups in total. The second-order valence-electron chi connectivity index (χ2n) is 7.45. The lowest BCUT2D eigenvalue weighted by Gasteiger charge is -2.32. The standard InChI is InChI=1S/C18H21BN2O3/c1-16(2)17(3,4)24-19(23-16)14-7-5-6-13(12-14)18(22)8-10-21-11-9-20-15(18)21/h5-12,22H,1-4H3/t18-/m1/s1. The second-order valence-corrected chi connectivity index (χ2v) is 7.45. The lowest BCUT2D eigenvalue weighted by molar-refractivity contribution is 0.00578. The molecule has 1 aromatic carbocycles. The molecule has 6 heteroatoms. The molecule has 24 heavy (non-hydrogen) atoms. The molecule has 0 amide bonds. The molecule has 2 aliphatic rings. The number of nitrogens with zero attached hydrogens (tertiary/aromatic N) is 2. The summed E-state index contributed by atoms with van der Waals surface area (Å²) >= 11 is 0. The Hall–Kier alpha value is -1.89. The maximum absolute atomic E-state index is 11.1. The van der Waals surface area contributed by atoms with Crippen molar-refractivity contribution < 1.29 is 14.4 Å². The summed E-state index contributed by atoms with van der Waals surface area (Å²) in [6.07, 6.45) is 7.08. The van der Waals surface area contributed by atoms with Gasteiger partial charge < -0.3 is 19.0 Å². The molecule has 0 bridgehead atoms. The van der Waals surface area contributed by atoms with Crippen LogP contribution in [0.4, 0.5) is 0 Å². The summed E-state index contributed by atoms with van der Waals surface area (Å²) < 4.78 is 14.0. The smallest absolute Gasteiger partial charge is 0.399 e. The van der Waals surface area contributed by atoms with Gasteiger partial charge in [-0.1, -0.05) is 24.3 Å². The zero-order valence-electron chi connectivity index (χ0n) is 14.4. The van der Waals surface area contributed by atoms with Crippen LogP contribution in [0.15, 0.2) is 42.7 Å². The molecule has 4 rings (SSSR count). The van der Waals surface area contributed by atoms with Crippen LogP contribution < -0.4 is 5.46 Å². The third-order valence-corrected chi connectivity index (χ3v) is 5.34. The molecule has 0 unspecified atom stereocenters. The van der Waals surface area contributed by atoms with Crippen LogP contribution in [0.25, 0.3) is 6.20 Å². The van der Waals surface area contributed by atoms with Crippen LogP contribution >= 0.6 is 0 Å². The van der Waals surface area contributed by atoms with Crippen LogP contribution in [-0.4, -0.2) is 33.0 Å². The molecule has 124 valence electrons. The third kappa shape index (κ3) is 2.10. The van der Waals surface area contributed by atoms with Crippen LogP contribution in [0.1, 0.15) is 39.1 Å². The highest BCUT2D eigenvalue weighted by Crippen LogP contribution is 2.37. The Morgan fingerprint density at radius 1 is 1.12 bits per heavy atom. The third-order valence-electron chi connectivity index (χ3n) is 5.34. The van der Waals surface area contributed by atoms with Crippen molar-refractivity contribution in [2.45, 2.75) is 44.5 Å². The summed E-state index contributed by atoms with van der Waals surface area (Å²) in [6, 6.07) is 7.69. The molecular weight excluding hydrogens is 303 g/mol. The van der Waals surface area contributed by atoms with E-state index < -0.39 is 23.9 Å². The van der Waals surface area contributed by atoms with Gasteiger partial charge in [-0.3, -0.25) is 0 Å². The minimum atomic E-state index is -1.23. The van der Waals surface area contributed by atoms with Crippen molar-refractivity contribution in [3.05, 3.63) is 54.1 Å². The zero-order valence-corrected chi connectivity index (χ0v) is 14.4. The van der Waals surface area contributed by atoms with E-state index in [-0.39, 0.29) is 0 Å². The minimum Gasteiger partial charge on any atom is -0.399 e. The summed E-state index contributed by atoms with van der Waals surface area (Å²) in [5.74, 6) is 0.591. The molecule has 0 aliphatic carbocycles. The van der Waals surface area contributed by atoms with Crippen molar-refractivity contribution in [3.8, 4) is 0 Å². The number of rotatable bonds is 2. The van der Waals surface area contributed by atoms with Gasteiger partial charge >= 0.3 is 7.12 Å². The summed E-state index contributed by atoms with van der Waals surface area (Å²) in [6.45, 7) is 8.11. The average molecular weight is 324 g/mol. The first-order valence-electron chi connectivity index (χ1n) is 8.14. The highest BCUT2D eigenvalue weighted by Gasteiger charge is 2.52. The fourth-order valence-electron chi connectivity index (χ4n) is 3.12. The summed E-state index contributed by atoms with van der Waals surface area (Å²) in [5, 5.41) is 11.1. The maximum Gasteiger partial charge on any atom is 0.494 e. The largest absolute Gasteiger partial charge is 0.494 e. The van der Waals surface area contributed by atoms with Crippen molar-refractivity contribution in [1.29, 1.82) is 0 Å². The molecule has 2 aromatic rings. The van der Waals surface area contributed by atoms with E-state index in [2.05, 4.69) is 4.98 Å². The predicted molar refractivity (Wildman–Crippen MR) is 92.7 cm³/mol. The first-order valence-corrected chi connectivity index (χ1v) is 8.14. The molecule has 0 radical (unpaired) electrons. The van der Waals surface area contributed by atoms with Gasteiger partial charge in [0.2, 0.25) is 0 Å². The summed E-state index contributed by atoms with van der Waals surface area (Å²) in [7, 11) is -0.455. The van der Waals surface area contributed by atoms with Crippen LogP contribution in [0.3, 0.4) is 0 Å². The van der Waals surface area contributed by atoms with Gasteiger partial charge in [0.15, 0.2) is 11.4 Å². The van der Waals surface area contributed by atoms with Gasteiger partial charge in [0, 0.05) is 18.6 Å². The number of aromatic nitrogens is 2. The van der Waals surface area contributed by atoms with E-state index in [0.717, 1.165) is 11.0 Å². The number of benzene rings is 1. The second kappa shape index (κ2) is 4.82. The Bertz CT molecular complexity index is 811. The Balaban J connectivity index is 1.71. The van der Waals surface area contributed by atoms with E-state index >= 15 is 0 Å². The monoisotopic (exact) mass is 324 g/mol. The Labute approximate surface area is 142 Å². The molecule has 0 spiro atoms. The molecular formula is C18H21BN2O3. The Kier molecular flexibility index (Phi) is 3.14. The van der Waals surface area contributed by atoms with E-state index in [1.165, 1.54) is 0 Å². The SMILES string of the molecule is CC1(C)OB(c2cccc([C@]3(O)C=Cn4ccnc43)c2)OC1(C)C. The molecule has 2 aliphatic heterocycles. The van der Waals surface area contributed by atoms with E-state index in [1.807, 2.05) is 68.9 Å². The van der Waals surface area contributed by atoms with Gasteiger partial charge in [-0.2, -0.15) is 0 Å². The van der Waals surface area contributed by atoms with Gasteiger partial charge in [-0.15, -0.1) is 0 Å². The highest BCUT2D eigenvalue weighted by molar-refractivity contribution is 6.62. The lowest BCUT2D eigenvalue weighted by atomic mass is 9.77. The van der Waals surface area contributed by atoms with Crippen LogP contribution in [-0.2, 0) is 14.9 Å². The number of hydrogen-bond donors (Lipinski definition) is 1. The molecule has 1 saturated heterocycles. The van der Waals surface area contributed by atoms with Gasteiger partial charge in [0.25, 0.3) is 0 Å². The zero-order chi connectivity index (χ0) is 17.2. The van der Waals surface area contributed by atoms with Crippen LogP contribution in [0.2, 0.25) is 0 Å². The molecule has 1 aromatic heterocycles. The minimum absolute atomic E-state index is 0.395. The normalized spacial score (nSPS) is 26.8. The predicted octanol–water partition coefficient (Wildman–Crippen LogP) is 1.90. The van der Waals surface area contributed by atoms with Crippen molar-refractivity contribution in [1.82, 2.24) is 9.55 Å². The molecule has 1 fully saturated rings. The Morgan fingerprint density at radius 2 is 1.83 bits per heavy atom. The molecule has 3 heterocycles. The fraction of sp³-hybridized carbons (Fsp3) is 0.389. The molecule has 0 saturated carbocycles. The van der Waals surface area contributed by atoms with Crippen LogP contribution in [0.5, 0.6) is 0 Å². The van der Waals surface area contributed by atoms with E-state index in [9.17, 15) is 5.11 Å². The maximum atomic E-state index is 11.1. The number of fused-ring (bicyclic) bond motifs is 1. The molecule has 1 atom stereocenters. The van der Waals surface area contributed by atoms with Gasteiger partial charge in [-0.05, 0) is 44.8 Å². The van der Waals surface area contributed by atoms with E-state index in [0.29, 0.717) is 5.82 Å². The first kappa shape index (κ1) is 15.6. The Morgan fingerprint density at radius 3 is 2.54 bits per heavy atom. The van der Waals surface area contributed by atoms with Gasteiger partial charge in [-0.25, -0.2) is 4.98 Å². The summed E-state index contributed by atoms with van der Waals surface area (Å²) in [5.41, 5.74) is -0.389. The van der Waals surface area contributed by atoms with Crippen molar-refractivity contribution in [3.63, 3.8) is 0 Å². The van der Waals surface area contributed by atoms with Crippen molar-refractivity contribution in [2.75, 3.05) is 0 Å². The van der Waals surface area contributed by atoms with Gasteiger partial charge in [0.05, 0.1) is 11.2 Å². The van der Waals surface area contributed by atoms with Crippen LogP contribution in [0, 0.1) is 0 Å². The average Bonchev–Trinajstić information content (AvgIpc) is 3.16. The summed E-state index contributed by atoms with van der Waals surface area (Å²) in [4.78, 5) is 4.29. The fourth-order valence-corrected chi connectivity index (χ4v) is 3.12. The first-order chi connectivity index (χ1) is 11.2. The topological polar surface area (TPSA) is 56.5 Å². The lowest BCUT2D eigenvalue weighted by Crippen LogP contribution is -2.41.